The van der Waals surface area contributed by atoms with Gasteiger partial charge in [-0.2, -0.15) is 0 Å². The maximum absolute atomic E-state index is 2.48. The van der Waals surface area contributed by atoms with Gasteiger partial charge < -0.3 is 0 Å². The summed E-state index contributed by atoms with van der Waals surface area (Å²) < 4.78 is 0. The molecular weight excluding hydrogens is 324 g/mol. The summed E-state index contributed by atoms with van der Waals surface area (Å²) in [6.07, 6.45) is 11.8. The molecule has 1 unspecified atom stereocenters. The van der Waals surface area contributed by atoms with Crippen molar-refractivity contribution >= 4 is 0 Å². The average Bonchev–Trinajstić information content (AvgIpc) is 2.62. The van der Waals surface area contributed by atoms with Crippen LogP contribution in [0.4, 0.5) is 0 Å². The largest absolute Gasteiger partial charge is 0.0654 e. The van der Waals surface area contributed by atoms with Gasteiger partial charge in [0, 0.05) is 0 Å². The molecule has 156 valence electrons. The van der Waals surface area contributed by atoms with Gasteiger partial charge in [0.25, 0.3) is 0 Å². The van der Waals surface area contributed by atoms with Crippen LogP contribution in [0.25, 0.3) is 0 Å². The van der Waals surface area contributed by atoms with Crippen molar-refractivity contribution in [1.29, 1.82) is 0 Å². The average molecular weight is 373 g/mol. The molecule has 1 aromatic carbocycles. The number of rotatable bonds is 13. The monoisotopic (exact) mass is 372 g/mol. The summed E-state index contributed by atoms with van der Waals surface area (Å²) in [6.45, 7) is 19.2. The lowest BCUT2D eigenvalue weighted by molar-refractivity contribution is 0.182. The van der Waals surface area contributed by atoms with E-state index in [1.54, 1.807) is 0 Å². The number of hydrogen-bond acceptors (Lipinski definition) is 0. The second-order valence-corrected chi connectivity index (χ2v) is 10.1. The topological polar surface area (TPSA) is 0 Å². The van der Waals surface area contributed by atoms with Crippen LogP contribution in [0.3, 0.4) is 0 Å². The lowest BCUT2D eigenvalue weighted by Gasteiger charge is -2.36. The minimum atomic E-state index is 0.269. The number of benzene rings is 1. The Kier molecular flexibility index (Phi) is 10.1. The van der Waals surface area contributed by atoms with E-state index in [0.717, 1.165) is 11.8 Å². The van der Waals surface area contributed by atoms with E-state index in [4.69, 9.17) is 0 Å². The van der Waals surface area contributed by atoms with Gasteiger partial charge in [-0.3, -0.25) is 0 Å². The Morgan fingerprint density at radius 3 is 1.70 bits per heavy atom. The molecular formula is C27H48. The molecule has 0 aliphatic carbocycles. The van der Waals surface area contributed by atoms with Gasteiger partial charge in [0.1, 0.15) is 0 Å². The predicted molar refractivity (Wildman–Crippen MR) is 124 cm³/mol. The van der Waals surface area contributed by atoms with E-state index in [0.29, 0.717) is 5.41 Å². The summed E-state index contributed by atoms with van der Waals surface area (Å²) in [6, 6.07) is 9.68. The van der Waals surface area contributed by atoms with Crippen molar-refractivity contribution in [1.82, 2.24) is 0 Å². The fourth-order valence-electron chi connectivity index (χ4n) is 5.11. The minimum absolute atomic E-state index is 0.269. The zero-order chi connectivity index (χ0) is 20.5. The zero-order valence-corrected chi connectivity index (χ0v) is 19.8. The molecule has 0 nitrogen and oxygen atoms in total. The van der Waals surface area contributed by atoms with Crippen molar-refractivity contribution in [3.63, 3.8) is 0 Å². The van der Waals surface area contributed by atoms with E-state index >= 15 is 0 Å². The van der Waals surface area contributed by atoms with Crippen LogP contribution in [-0.2, 0) is 11.8 Å². The Morgan fingerprint density at radius 2 is 1.26 bits per heavy atom. The molecule has 0 saturated heterocycles. The number of hydrogen-bond donors (Lipinski definition) is 0. The summed E-state index contributed by atoms with van der Waals surface area (Å²) in [4.78, 5) is 0. The van der Waals surface area contributed by atoms with Crippen molar-refractivity contribution in [3.05, 3.63) is 35.4 Å². The van der Waals surface area contributed by atoms with Crippen LogP contribution in [0.1, 0.15) is 118 Å². The fourth-order valence-corrected chi connectivity index (χ4v) is 5.11. The standard InChI is InChI=1S/C27H48/c1-9-13-16-23(12-4)27(7,8)25-19-17-22(18-20-25)21-26(5,6)24(14-10-2)15-11-3/h17-20,23-24H,9-16,21H2,1-8H3. The van der Waals surface area contributed by atoms with Crippen LogP contribution in [0.2, 0.25) is 0 Å². The molecule has 0 aliphatic rings. The van der Waals surface area contributed by atoms with E-state index in [9.17, 15) is 0 Å². The first-order valence-electron chi connectivity index (χ1n) is 11.8. The Bertz CT molecular complexity index is 499. The van der Waals surface area contributed by atoms with Gasteiger partial charge in [-0.15, -0.1) is 0 Å². The van der Waals surface area contributed by atoms with Gasteiger partial charge in [-0.05, 0) is 46.6 Å². The van der Waals surface area contributed by atoms with Crippen LogP contribution < -0.4 is 0 Å². The maximum atomic E-state index is 2.48. The molecule has 0 fully saturated rings. The first kappa shape index (κ1) is 24.3. The van der Waals surface area contributed by atoms with Crippen LogP contribution in [0.5, 0.6) is 0 Å². The lowest BCUT2D eigenvalue weighted by Crippen LogP contribution is -2.29. The van der Waals surface area contributed by atoms with Crippen molar-refractivity contribution < 1.29 is 0 Å². The van der Waals surface area contributed by atoms with Gasteiger partial charge in [-0.1, -0.05) is 125 Å². The van der Waals surface area contributed by atoms with Crippen molar-refractivity contribution in [2.75, 3.05) is 0 Å². The van der Waals surface area contributed by atoms with Gasteiger partial charge in [-0.25, -0.2) is 0 Å². The summed E-state index contributed by atoms with van der Waals surface area (Å²) in [5.74, 6) is 1.61. The third kappa shape index (κ3) is 6.95. The smallest absolute Gasteiger partial charge is 0.00754 e. The summed E-state index contributed by atoms with van der Waals surface area (Å²) in [5, 5.41) is 0. The number of unbranched alkanes of at least 4 members (excludes halogenated alkanes) is 1. The Hall–Kier alpha value is -0.780. The third-order valence-corrected chi connectivity index (χ3v) is 7.16. The van der Waals surface area contributed by atoms with Gasteiger partial charge in [0.15, 0.2) is 0 Å². The van der Waals surface area contributed by atoms with E-state index in [-0.39, 0.29) is 5.41 Å². The minimum Gasteiger partial charge on any atom is -0.0654 e. The second-order valence-electron chi connectivity index (χ2n) is 10.1. The van der Waals surface area contributed by atoms with Crippen molar-refractivity contribution in [2.45, 2.75) is 119 Å². The molecule has 27 heavy (non-hydrogen) atoms. The van der Waals surface area contributed by atoms with Crippen LogP contribution in [-0.4, -0.2) is 0 Å². The third-order valence-electron chi connectivity index (χ3n) is 7.16. The maximum Gasteiger partial charge on any atom is -0.00754 e. The highest BCUT2D eigenvalue weighted by molar-refractivity contribution is 5.29. The molecule has 0 amide bonds. The van der Waals surface area contributed by atoms with Crippen LogP contribution in [0, 0.1) is 17.3 Å². The highest BCUT2D eigenvalue weighted by atomic mass is 14.4. The van der Waals surface area contributed by atoms with Crippen molar-refractivity contribution in [2.24, 2.45) is 17.3 Å². The van der Waals surface area contributed by atoms with Crippen molar-refractivity contribution in [3.8, 4) is 0 Å². The molecule has 0 bridgehead atoms. The summed E-state index contributed by atoms with van der Waals surface area (Å²) in [7, 11) is 0. The zero-order valence-electron chi connectivity index (χ0n) is 19.8. The van der Waals surface area contributed by atoms with E-state index in [1.165, 1.54) is 68.9 Å². The first-order valence-corrected chi connectivity index (χ1v) is 11.8. The van der Waals surface area contributed by atoms with Gasteiger partial charge in [0.05, 0.1) is 0 Å². The lowest BCUT2D eigenvalue weighted by atomic mass is 9.69. The molecule has 1 rings (SSSR count). The molecule has 1 aromatic rings. The molecule has 0 heterocycles. The summed E-state index contributed by atoms with van der Waals surface area (Å²) in [5.41, 5.74) is 3.69. The van der Waals surface area contributed by atoms with Gasteiger partial charge >= 0.3 is 0 Å². The molecule has 0 spiro atoms. The Morgan fingerprint density at radius 1 is 0.704 bits per heavy atom. The fraction of sp³-hybridized carbons (Fsp3) is 0.778. The molecule has 0 aliphatic heterocycles. The molecule has 0 heteroatoms. The van der Waals surface area contributed by atoms with Crippen LogP contribution >= 0.6 is 0 Å². The van der Waals surface area contributed by atoms with Crippen LogP contribution in [0.15, 0.2) is 24.3 Å². The first-order chi connectivity index (χ1) is 12.7. The molecule has 0 saturated carbocycles. The van der Waals surface area contributed by atoms with E-state index in [1.807, 2.05) is 0 Å². The Balaban J connectivity index is 2.91. The van der Waals surface area contributed by atoms with E-state index in [2.05, 4.69) is 79.7 Å². The molecule has 0 aromatic heterocycles. The van der Waals surface area contributed by atoms with Gasteiger partial charge in [0.2, 0.25) is 0 Å². The quantitative estimate of drug-likeness (QED) is 0.324. The highest BCUT2D eigenvalue weighted by Crippen LogP contribution is 2.39. The second kappa shape index (κ2) is 11.3. The molecule has 0 radical (unpaired) electrons. The SMILES string of the molecule is CCCCC(CC)C(C)(C)c1ccc(CC(C)(C)C(CCC)CCC)cc1. The van der Waals surface area contributed by atoms with E-state index < -0.39 is 0 Å². The highest BCUT2D eigenvalue weighted by Gasteiger charge is 2.31. The summed E-state index contributed by atoms with van der Waals surface area (Å²) >= 11 is 0. The normalized spacial score (nSPS) is 14.0. The Labute approximate surface area is 171 Å². The molecule has 0 N–H and O–H groups in total. The molecule has 1 atom stereocenters. The predicted octanol–water partition coefficient (Wildman–Crippen LogP) is 8.97.